The Morgan fingerprint density at radius 1 is 1.00 bits per heavy atom. The van der Waals surface area contributed by atoms with Crippen LogP contribution in [0.4, 0.5) is 0 Å². The van der Waals surface area contributed by atoms with Crippen molar-refractivity contribution in [2.45, 2.75) is 102 Å². The molecule has 4 unspecified atom stereocenters. The summed E-state index contributed by atoms with van der Waals surface area (Å²) in [5.74, 6) is -0.508. The van der Waals surface area contributed by atoms with Crippen molar-refractivity contribution in [2.24, 2.45) is 0 Å². The highest BCUT2D eigenvalue weighted by molar-refractivity contribution is 6.84. The molecule has 2 aliphatic heterocycles. The van der Waals surface area contributed by atoms with Gasteiger partial charge in [0, 0.05) is 11.4 Å². The fraction of sp³-hybridized carbons (Fsp3) is 0.667. The maximum atomic E-state index is 12.6. The molecule has 2 radical (unpaired) electrons. The zero-order chi connectivity index (χ0) is 27.8. The Morgan fingerprint density at radius 2 is 1.63 bits per heavy atom. The van der Waals surface area contributed by atoms with Crippen molar-refractivity contribution in [1.29, 1.82) is 0 Å². The summed E-state index contributed by atoms with van der Waals surface area (Å²) in [7, 11) is 0.838. The van der Waals surface area contributed by atoms with Gasteiger partial charge in [0.2, 0.25) is 5.76 Å². The van der Waals surface area contributed by atoms with E-state index in [9.17, 15) is 4.79 Å². The van der Waals surface area contributed by atoms with Crippen LogP contribution in [0.15, 0.2) is 34.7 Å². The van der Waals surface area contributed by atoms with Gasteiger partial charge in [0.25, 0.3) is 0 Å². The SMILES string of the molecule is [B]C1OC2CO[Si](C(C)C)(C(C)C)O[Si](C(C)C)(C(C)C)OC2C1OCOC(=O)c1cc2ccccc2o1. The lowest BCUT2D eigenvalue weighted by Gasteiger charge is -2.51. The molecule has 3 heterocycles. The van der Waals surface area contributed by atoms with Crippen molar-refractivity contribution in [3.8, 4) is 0 Å². The van der Waals surface area contributed by atoms with E-state index in [-0.39, 0.29) is 34.7 Å². The summed E-state index contributed by atoms with van der Waals surface area (Å²) in [6, 6.07) is 8.27. The van der Waals surface area contributed by atoms with Gasteiger partial charge in [0.1, 0.15) is 31.7 Å². The lowest BCUT2D eigenvalue weighted by Crippen LogP contribution is -2.66. The normalized spacial score (nSPS) is 27.2. The molecular weight excluding hydrogens is 519 g/mol. The first-order valence-corrected chi connectivity index (χ1v) is 17.6. The van der Waals surface area contributed by atoms with Crippen LogP contribution in [-0.4, -0.2) is 68.7 Å². The highest BCUT2D eigenvalue weighted by Crippen LogP contribution is 2.47. The minimum atomic E-state index is -2.87. The maximum absolute atomic E-state index is 12.6. The van der Waals surface area contributed by atoms with Crippen LogP contribution >= 0.6 is 0 Å². The summed E-state index contributed by atoms with van der Waals surface area (Å²) in [6.07, 6.45) is -1.59. The smallest absolute Gasteiger partial charge is 0.376 e. The number of hydrogen-bond acceptors (Lipinski definition) is 8. The van der Waals surface area contributed by atoms with Gasteiger partial charge in [0.15, 0.2) is 6.79 Å². The van der Waals surface area contributed by atoms with Gasteiger partial charge in [-0.3, -0.25) is 0 Å². The first-order chi connectivity index (χ1) is 17.9. The molecule has 4 rings (SSSR count). The summed E-state index contributed by atoms with van der Waals surface area (Å²) in [5, 5.41) is 0.823. The Kier molecular flexibility index (Phi) is 8.98. The molecule has 8 nitrogen and oxygen atoms in total. The molecule has 208 valence electrons. The molecule has 2 fully saturated rings. The Bertz CT molecular complexity index is 1050. The first kappa shape index (κ1) is 29.5. The van der Waals surface area contributed by atoms with Gasteiger partial charge in [0.05, 0.1) is 6.61 Å². The molecular formula is C27H41BO8Si2. The summed E-state index contributed by atoms with van der Waals surface area (Å²) < 4.78 is 44.1. The number of ether oxygens (including phenoxy) is 3. The second-order valence-electron chi connectivity index (χ2n) is 11.5. The number of esters is 1. The number of hydrogen-bond donors (Lipinski definition) is 0. The number of fused-ring (bicyclic) bond motifs is 2. The van der Waals surface area contributed by atoms with Crippen LogP contribution < -0.4 is 0 Å². The van der Waals surface area contributed by atoms with Crippen LogP contribution in [0.2, 0.25) is 22.2 Å². The van der Waals surface area contributed by atoms with E-state index in [0.717, 1.165) is 5.39 Å². The minimum absolute atomic E-state index is 0.110. The van der Waals surface area contributed by atoms with Crippen LogP contribution in [-0.2, 0) is 27.2 Å². The third-order valence-corrected chi connectivity index (χ3v) is 18.0. The van der Waals surface area contributed by atoms with Crippen LogP contribution in [0.3, 0.4) is 0 Å². The Labute approximate surface area is 229 Å². The summed E-state index contributed by atoms with van der Waals surface area (Å²) in [6.45, 7) is 17.3. The van der Waals surface area contributed by atoms with Crippen molar-refractivity contribution in [1.82, 2.24) is 0 Å². The number of rotatable bonds is 8. The second kappa shape index (κ2) is 11.6. The number of para-hydroxylation sites is 1. The second-order valence-corrected chi connectivity index (χ2v) is 20.4. The average molecular weight is 561 g/mol. The standard InChI is InChI=1S/C27H41BO8Si2/c1-16(2)37(17(3)4)32-14-23-24(35-38(36-37,18(5)6)19(7)8)25(26(28)34-23)30-15-31-27(29)22-13-20-11-9-10-12-21(20)33-22/h9-13,16-19,23-26H,14-15H2,1-8H3. The summed E-state index contributed by atoms with van der Waals surface area (Å²) in [5.41, 5.74) is 1.37. The lowest BCUT2D eigenvalue weighted by molar-refractivity contribution is -0.0995. The van der Waals surface area contributed by atoms with E-state index in [0.29, 0.717) is 12.2 Å². The van der Waals surface area contributed by atoms with Gasteiger partial charge in [-0.2, -0.15) is 0 Å². The molecule has 2 aliphatic rings. The molecule has 1 aromatic heterocycles. The van der Waals surface area contributed by atoms with Crippen LogP contribution in [0.5, 0.6) is 0 Å². The first-order valence-electron chi connectivity index (χ1n) is 13.6. The number of furan rings is 1. The van der Waals surface area contributed by atoms with E-state index in [1.165, 1.54) is 0 Å². The molecule has 0 bridgehead atoms. The molecule has 2 saturated heterocycles. The zero-order valence-electron chi connectivity index (χ0n) is 23.8. The molecule has 0 spiro atoms. The zero-order valence-corrected chi connectivity index (χ0v) is 25.8. The van der Waals surface area contributed by atoms with E-state index in [4.69, 9.17) is 39.4 Å². The lowest BCUT2D eigenvalue weighted by atomic mass is 9.93. The highest BCUT2D eigenvalue weighted by atomic mass is 28.5. The maximum Gasteiger partial charge on any atom is 0.376 e. The van der Waals surface area contributed by atoms with Crippen molar-refractivity contribution in [2.75, 3.05) is 13.4 Å². The van der Waals surface area contributed by atoms with E-state index < -0.39 is 47.4 Å². The van der Waals surface area contributed by atoms with Crippen molar-refractivity contribution in [3.63, 3.8) is 0 Å². The Morgan fingerprint density at radius 3 is 2.24 bits per heavy atom. The predicted octanol–water partition coefficient (Wildman–Crippen LogP) is 5.78. The van der Waals surface area contributed by atoms with Gasteiger partial charge in [-0.15, -0.1) is 0 Å². The van der Waals surface area contributed by atoms with Crippen LogP contribution in [0, 0.1) is 0 Å². The molecule has 0 N–H and O–H groups in total. The van der Waals surface area contributed by atoms with Crippen molar-refractivity contribution in [3.05, 3.63) is 36.1 Å². The molecule has 0 amide bonds. The number of carbonyl (C=O) groups excluding carboxylic acids is 1. The minimum Gasteiger partial charge on any atom is -0.449 e. The third-order valence-electron chi connectivity index (χ3n) is 7.75. The molecule has 11 heteroatoms. The van der Waals surface area contributed by atoms with E-state index >= 15 is 0 Å². The average Bonchev–Trinajstić information content (AvgIpc) is 3.39. The van der Waals surface area contributed by atoms with E-state index in [2.05, 4.69) is 55.4 Å². The van der Waals surface area contributed by atoms with E-state index in [1.807, 2.05) is 18.2 Å². The van der Waals surface area contributed by atoms with E-state index in [1.54, 1.807) is 12.1 Å². The van der Waals surface area contributed by atoms with Crippen LogP contribution in [0.25, 0.3) is 11.0 Å². The van der Waals surface area contributed by atoms with Gasteiger partial charge < -0.3 is 31.6 Å². The monoisotopic (exact) mass is 560 g/mol. The van der Waals surface area contributed by atoms with Crippen LogP contribution in [0.1, 0.15) is 65.9 Å². The molecule has 1 aromatic carbocycles. The third kappa shape index (κ3) is 5.43. The van der Waals surface area contributed by atoms with Gasteiger partial charge in [-0.1, -0.05) is 73.6 Å². The summed E-state index contributed by atoms with van der Waals surface area (Å²) >= 11 is 0. The molecule has 2 aromatic rings. The topological polar surface area (TPSA) is 85.6 Å². The van der Waals surface area contributed by atoms with Crippen molar-refractivity contribution < 1.29 is 36.4 Å². The quantitative estimate of drug-likeness (QED) is 0.228. The predicted molar refractivity (Wildman–Crippen MR) is 150 cm³/mol. The number of benzene rings is 1. The Hall–Kier alpha value is -1.47. The highest BCUT2D eigenvalue weighted by Gasteiger charge is 2.61. The van der Waals surface area contributed by atoms with Gasteiger partial charge >= 0.3 is 23.1 Å². The van der Waals surface area contributed by atoms with Crippen molar-refractivity contribution >= 4 is 41.9 Å². The molecule has 38 heavy (non-hydrogen) atoms. The fourth-order valence-corrected chi connectivity index (χ4v) is 16.9. The summed E-state index contributed by atoms with van der Waals surface area (Å²) in [4.78, 5) is 12.6. The number of carbonyl (C=O) groups is 1. The molecule has 4 atom stereocenters. The van der Waals surface area contributed by atoms with Gasteiger partial charge in [-0.25, -0.2) is 4.79 Å². The van der Waals surface area contributed by atoms with Gasteiger partial charge in [-0.05, 0) is 34.3 Å². The fourth-order valence-electron chi connectivity index (χ4n) is 5.68. The largest absolute Gasteiger partial charge is 0.449 e. The molecule has 0 saturated carbocycles. The molecule has 0 aliphatic carbocycles. The Balaban J connectivity index is 1.53.